The van der Waals surface area contributed by atoms with E-state index in [0.717, 1.165) is 4.90 Å². The van der Waals surface area contributed by atoms with Gasteiger partial charge in [0.15, 0.2) is 0 Å². The molecule has 0 atom stereocenters. The van der Waals surface area contributed by atoms with Gasteiger partial charge in [0.1, 0.15) is 17.9 Å². The minimum Gasteiger partial charge on any atom is -0.546 e. The highest BCUT2D eigenvalue weighted by Gasteiger charge is 2.37. The molecule has 2 aromatic rings. The van der Waals surface area contributed by atoms with E-state index < -0.39 is 30.4 Å². The largest absolute Gasteiger partial charge is 0.546 e. The highest BCUT2D eigenvalue weighted by molar-refractivity contribution is 6.39. The first-order chi connectivity index (χ1) is 13.8. The number of imide groups is 2. The number of anilines is 1. The molecule has 1 heterocycles. The van der Waals surface area contributed by atoms with Crippen molar-refractivity contribution in [3.63, 3.8) is 0 Å². The van der Waals surface area contributed by atoms with E-state index in [1.54, 1.807) is 19.1 Å². The lowest BCUT2D eigenvalue weighted by molar-refractivity contribution is -0.307. The maximum atomic E-state index is 12.9. The number of carbonyl (C=O) groups excluding carboxylic acids is 4. The van der Waals surface area contributed by atoms with Gasteiger partial charge in [-0.05, 0) is 48.4 Å². The van der Waals surface area contributed by atoms with Crippen LogP contribution in [0.25, 0.3) is 6.08 Å². The summed E-state index contributed by atoms with van der Waals surface area (Å²) in [5.74, 6) is -2.70. The number of nitrogens with one attached hydrogen (secondary N) is 1. The van der Waals surface area contributed by atoms with Crippen LogP contribution in [0.1, 0.15) is 11.1 Å². The summed E-state index contributed by atoms with van der Waals surface area (Å²) in [6.45, 7) is 1.11. The number of hydrogen-bond acceptors (Lipinski definition) is 6. The molecule has 0 unspecified atom stereocenters. The minimum atomic E-state index is -1.36. The molecular weight excluding hydrogens is 400 g/mol. The molecule has 0 spiro atoms. The van der Waals surface area contributed by atoms with E-state index in [4.69, 9.17) is 16.3 Å². The number of amides is 4. The lowest BCUT2D eigenvalue weighted by Gasteiger charge is -2.27. The van der Waals surface area contributed by atoms with Gasteiger partial charge in [0.25, 0.3) is 11.8 Å². The third-order valence-corrected chi connectivity index (χ3v) is 4.30. The fourth-order valence-corrected chi connectivity index (χ4v) is 2.84. The highest BCUT2D eigenvalue weighted by atomic mass is 35.5. The number of nitrogens with zero attached hydrogens (tertiary/aromatic N) is 1. The molecule has 1 fully saturated rings. The Bertz CT molecular complexity index is 1050. The zero-order valence-corrected chi connectivity index (χ0v) is 15.9. The van der Waals surface area contributed by atoms with Crippen LogP contribution in [0, 0.1) is 6.92 Å². The Balaban J connectivity index is 1.91. The molecule has 4 amide bonds. The van der Waals surface area contributed by atoms with Crippen molar-refractivity contribution in [2.45, 2.75) is 6.92 Å². The van der Waals surface area contributed by atoms with Crippen LogP contribution in [0.5, 0.6) is 5.75 Å². The molecule has 0 bridgehead atoms. The molecule has 2 aromatic carbocycles. The van der Waals surface area contributed by atoms with E-state index in [9.17, 15) is 24.3 Å². The summed E-state index contributed by atoms with van der Waals surface area (Å²) in [5, 5.41) is 12.9. The predicted molar refractivity (Wildman–Crippen MR) is 102 cm³/mol. The first kappa shape index (κ1) is 20.1. The average molecular weight is 414 g/mol. The zero-order chi connectivity index (χ0) is 21.1. The molecule has 0 saturated carbocycles. The van der Waals surface area contributed by atoms with Crippen LogP contribution in [0.2, 0.25) is 5.02 Å². The number of aliphatic carboxylic acids is 1. The topological polar surface area (TPSA) is 116 Å². The Morgan fingerprint density at radius 1 is 1.17 bits per heavy atom. The van der Waals surface area contributed by atoms with E-state index in [1.165, 1.54) is 36.4 Å². The van der Waals surface area contributed by atoms with Crippen LogP contribution in [-0.4, -0.2) is 30.4 Å². The number of halogens is 1. The summed E-state index contributed by atoms with van der Waals surface area (Å²) in [6.07, 6.45) is 1.32. The van der Waals surface area contributed by atoms with Gasteiger partial charge in [-0.3, -0.25) is 14.9 Å². The van der Waals surface area contributed by atoms with Gasteiger partial charge < -0.3 is 14.6 Å². The number of ether oxygens (including phenoxy) is 1. The van der Waals surface area contributed by atoms with E-state index in [1.807, 2.05) is 0 Å². The third kappa shape index (κ3) is 4.44. The average Bonchev–Trinajstić information content (AvgIpc) is 2.67. The maximum absolute atomic E-state index is 12.9. The molecule has 148 valence electrons. The Kier molecular flexibility index (Phi) is 5.65. The summed E-state index contributed by atoms with van der Waals surface area (Å²) in [5.41, 5.74) is 1.12. The van der Waals surface area contributed by atoms with Crippen LogP contribution in [0.15, 0.2) is 48.0 Å². The molecule has 8 nitrogen and oxygen atoms in total. The maximum Gasteiger partial charge on any atom is 0.335 e. The lowest BCUT2D eigenvalue weighted by atomic mass is 10.1. The molecule has 29 heavy (non-hydrogen) atoms. The second-order valence-electron chi connectivity index (χ2n) is 6.12. The van der Waals surface area contributed by atoms with Crippen LogP contribution in [0.3, 0.4) is 0 Å². The van der Waals surface area contributed by atoms with E-state index >= 15 is 0 Å². The summed E-state index contributed by atoms with van der Waals surface area (Å²) >= 11 is 5.98. The van der Waals surface area contributed by atoms with Crippen molar-refractivity contribution < 1.29 is 29.0 Å². The van der Waals surface area contributed by atoms with Gasteiger partial charge in [0.05, 0.1) is 11.7 Å². The standard InChI is InChI=1S/C20H15ClN2O6/c1-11-2-5-13(21)9-16(11)23-19(27)15(18(26)22-20(23)28)8-12-3-6-14(7-4-12)29-10-17(24)25/h2-9H,10H2,1H3,(H,24,25)(H,22,26,28)/p-1/b15-8+. The normalized spacial score (nSPS) is 15.4. The molecule has 9 heteroatoms. The Morgan fingerprint density at radius 3 is 2.52 bits per heavy atom. The number of carbonyl (C=O) groups is 4. The number of aryl methyl sites for hydroxylation is 1. The second kappa shape index (κ2) is 8.15. The van der Waals surface area contributed by atoms with Crippen LogP contribution in [-0.2, 0) is 14.4 Å². The Labute approximate surface area is 170 Å². The van der Waals surface area contributed by atoms with Crippen molar-refractivity contribution in [1.82, 2.24) is 5.32 Å². The van der Waals surface area contributed by atoms with Gasteiger partial charge in [0.2, 0.25) is 0 Å². The number of benzene rings is 2. The fraction of sp³-hybridized carbons (Fsp3) is 0.100. The van der Waals surface area contributed by atoms with Gasteiger partial charge in [-0.1, -0.05) is 29.8 Å². The molecule has 1 saturated heterocycles. The quantitative estimate of drug-likeness (QED) is 0.585. The van der Waals surface area contributed by atoms with Crippen LogP contribution >= 0.6 is 11.6 Å². The SMILES string of the molecule is Cc1ccc(Cl)cc1N1C(=O)NC(=O)/C(=C\c2ccc(OCC(=O)[O-])cc2)C1=O. The monoisotopic (exact) mass is 413 g/mol. The molecule has 1 aliphatic heterocycles. The van der Waals surface area contributed by atoms with E-state index in [-0.39, 0.29) is 17.0 Å². The lowest BCUT2D eigenvalue weighted by Crippen LogP contribution is -2.54. The number of barbiturate groups is 1. The van der Waals surface area contributed by atoms with Crippen molar-refractivity contribution in [1.29, 1.82) is 0 Å². The van der Waals surface area contributed by atoms with Gasteiger partial charge in [-0.25, -0.2) is 9.69 Å². The molecule has 0 radical (unpaired) electrons. The van der Waals surface area contributed by atoms with Crippen molar-refractivity contribution >= 4 is 47.2 Å². The van der Waals surface area contributed by atoms with Crippen molar-refractivity contribution in [2.24, 2.45) is 0 Å². The van der Waals surface area contributed by atoms with Gasteiger partial charge >= 0.3 is 6.03 Å². The highest BCUT2D eigenvalue weighted by Crippen LogP contribution is 2.28. The zero-order valence-electron chi connectivity index (χ0n) is 15.1. The predicted octanol–water partition coefficient (Wildman–Crippen LogP) is 1.44. The number of rotatable bonds is 5. The van der Waals surface area contributed by atoms with Gasteiger partial charge in [-0.15, -0.1) is 0 Å². The summed E-state index contributed by atoms with van der Waals surface area (Å²) in [6, 6.07) is 9.89. The van der Waals surface area contributed by atoms with E-state index in [2.05, 4.69) is 5.32 Å². The van der Waals surface area contributed by atoms with E-state index in [0.29, 0.717) is 16.1 Å². The minimum absolute atomic E-state index is 0.243. The number of urea groups is 1. The van der Waals surface area contributed by atoms with Crippen LogP contribution in [0.4, 0.5) is 10.5 Å². The third-order valence-electron chi connectivity index (χ3n) is 4.06. The fourth-order valence-electron chi connectivity index (χ4n) is 2.67. The Hall–Kier alpha value is -3.65. The molecule has 0 aromatic heterocycles. The molecule has 3 rings (SSSR count). The molecule has 0 aliphatic carbocycles. The van der Waals surface area contributed by atoms with Crippen molar-refractivity contribution in [3.8, 4) is 5.75 Å². The first-order valence-corrected chi connectivity index (χ1v) is 8.74. The number of hydrogen-bond donors (Lipinski definition) is 1. The van der Waals surface area contributed by atoms with Crippen molar-refractivity contribution in [3.05, 3.63) is 64.2 Å². The molecule has 1 N–H and O–H groups in total. The Morgan fingerprint density at radius 2 is 1.86 bits per heavy atom. The summed E-state index contributed by atoms with van der Waals surface area (Å²) in [4.78, 5) is 48.7. The smallest absolute Gasteiger partial charge is 0.335 e. The number of carboxylic acids is 1. The second-order valence-corrected chi connectivity index (χ2v) is 6.55. The molecule has 1 aliphatic rings. The summed E-state index contributed by atoms with van der Waals surface area (Å²) in [7, 11) is 0. The first-order valence-electron chi connectivity index (χ1n) is 8.36. The molecular formula is C20H14ClN2O6-. The van der Waals surface area contributed by atoms with Gasteiger partial charge in [-0.2, -0.15) is 0 Å². The van der Waals surface area contributed by atoms with Crippen molar-refractivity contribution in [2.75, 3.05) is 11.5 Å². The summed E-state index contributed by atoms with van der Waals surface area (Å²) < 4.78 is 4.97. The number of carboxylic acid groups (broad SMARTS) is 1. The van der Waals surface area contributed by atoms with Crippen LogP contribution < -0.4 is 20.1 Å². The van der Waals surface area contributed by atoms with Gasteiger partial charge in [0, 0.05) is 5.02 Å².